The summed E-state index contributed by atoms with van der Waals surface area (Å²) in [7, 11) is 0. The molecule has 0 radical (unpaired) electrons. The summed E-state index contributed by atoms with van der Waals surface area (Å²) in [5, 5.41) is 3.09. The smallest absolute Gasteiger partial charge is 0.416 e. The molecule has 1 aromatic carbocycles. The van der Waals surface area contributed by atoms with Gasteiger partial charge in [-0.15, -0.1) is 0 Å². The first-order valence-electron chi connectivity index (χ1n) is 13.2. The standard InChI is InChI=1S/C28H35FN6O3/c1-4-25(36)34-13-11-33(12-14-34)22(15-19-5-6-19)21-9-7-20(8-10-21)17-30-26-31-23(29)16-24(32-26)35-27(37)38-18-28(35,2)3/h4,7-10,16,19,22H,1,5-6,11-15,17-18H2,2-3H3,(H,30,31,32). The van der Waals surface area contributed by atoms with Gasteiger partial charge in [-0.25, -0.2) is 4.79 Å². The fraction of sp³-hybridized carbons (Fsp3) is 0.500. The third-order valence-corrected chi connectivity index (χ3v) is 7.56. The molecule has 5 rings (SSSR count). The molecule has 1 aliphatic carbocycles. The molecular weight excluding hydrogens is 487 g/mol. The Labute approximate surface area is 222 Å². The number of aromatic nitrogens is 2. The number of cyclic esters (lactones) is 1. The summed E-state index contributed by atoms with van der Waals surface area (Å²) in [6.45, 7) is 11.0. The van der Waals surface area contributed by atoms with E-state index in [9.17, 15) is 14.0 Å². The van der Waals surface area contributed by atoms with Crippen molar-refractivity contribution in [2.45, 2.75) is 51.2 Å². The number of benzene rings is 1. The highest BCUT2D eigenvalue weighted by Gasteiger charge is 2.42. The van der Waals surface area contributed by atoms with E-state index in [0.29, 0.717) is 12.6 Å². The molecule has 1 N–H and O–H groups in total. The molecule has 0 bridgehead atoms. The Morgan fingerprint density at radius 1 is 1.21 bits per heavy atom. The highest BCUT2D eigenvalue weighted by atomic mass is 19.1. The maximum atomic E-state index is 14.3. The molecule has 3 heterocycles. The largest absolute Gasteiger partial charge is 0.447 e. The summed E-state index contributed by atoms with van der Waals surface area (Å²) in [6.07, 6.45) is 4.54. The van der Waals surface area contributed by atoms with Crippen molar-refractivity contribution in [3.05, 3.63) is 60.1 Å². The number of carbonyl (C=O) groups is 2. The first-order chi connectivity index (χ1) is 18.2. The van der Waals surface area contributed by atoms with Crippen LogP contribution in [0.1, 0.15) is 50.3 Å². The Morgan fingerprint density at radius 3 is 2.53 bits per heavy atom. The van der Waals surface area contributed by atoms with Crippen LogP contribution in [0.5, 0.6) is 0 Å². The van der Waals surface area contributed by atoms with E-state index in [2.05, 4.69) is 51.0 Å². The molecule has 1 atom stereocenters. The number of rotatable bonds is 9. The zero-order valence-corrected chi connectivity index (χ0v) is 22.0. The molecule has 3 aliphatic rings. The lowest BCUT2D eigenvalue weighted by Crippen LogP contribution is -2.49. The van der Waals surface area contributed by atoms with E-state index in [4.69, 9.17) is 4.74 Å². The lowest BCUT2D eigenvalue weighted by Gasteiger charge is -2.39. The van der Waals surface area contributed by atoms with Gasteiger partial charge in [-0.2, -0.15) is 14.4 Å². The molecule has 2 aromatic rings. The number of carbonyl (C=O) groups excluding carboxylic acids is 2. The number of nitrogens with zero attached hydrogens (tertiary/aromatic N) is 5. The van der Waals surface area contributed by atoms with Gasteiger partial charge in [-0.05, 0) is 43.4 Å². The van der Waals surface area contributed by atoms with E-state index in [1.54, 1.807) is 0 Å². The number of ether oxygens (including phenoxy) is 1. The van der Waals surface area contributed by atoms with Crippen LogP contribution in [0, 0.1) is 11.9 Å². The van der Waals surface area contributed by atoms with E-state index in [1.165, 1.54) is 29.4 Å². The van der Waals surface area contributed by atoms with Crippen LogP contribution in [0.2, 0.25) is 0 Å². The zero-order chi connectivity index (χ0) is 26.9. The number of hydrogen-bond acceptors (Lipinski definition) is 7. The number of amides is 2. The molecule has 1 aromatic heterocycles. The molecule has 9 nitrogen and oxygen atoms in total. The Morgan fingerprint density at radius 2 is 1.92 bits per heavy atom. The van der Waals surface area contributed by atoms with Gasteiger partial charge in [0.25, 0.3) is 0 Å². The van der Waals surface area contributed by atoms with Gasteiger partial charge in [0.15, 0.2) is 0 Å². The second-order valence-corrected chi connectivity index (χ2v) is 10.9. The second-order valence-electron chi connectivity index (χ2n) is 10.9. The number of anilines is 2. The predicted molar refractivity (Wildman–Crippen MR) is 142 cm³/mol. The Bertz CT molecular complexity index is 1190. The number of nitrogens with one attached hydrogen (secondary N) is 1. The van der Waals surface area contributed by atoms with Crippen molar-refractivity contribution in [1.29, 1.82) is 0 Å². The molecule has 2 aliphatic heterocycles. The zero-order valence-electron chi connectivity index (χ0n) is 22.0. The summed E-state index contributed by atoms with van der Waals surface area (Å²) in [5.74, 6) is 0.324. The van der Waals surface area contributed by atoms with Crippen LogP contribution in [0.3, 0.4) is 0 Å². The molecule has 202 valence electrons. The first kappa shape index (κ1) is 26.1. The van der Waals surface area contributed by atoms with Crippen LogP contribution in [0.15, 0.2) is 43.0 Å². The Hall–Kier alpha value is -3.53. The highest BCUT2D eigenvalue weighted by Crippen LogP contribution is 2.40. The summed E-state index contributed by atoms with van der Waals surface area (Å²) in [4.78, 5) is 38.1. The molecule has 1 unspecified atom stereocenters. The summed E-state index contributed by atoms with van der Waals surface area (Å²) in [5.41, 5.74) is 1.65. The predicted octanol–water partition coefficient (Wildman–Crippen LogP) is 4.13. The van der Waals surface area contributed by atoms with Crippen molar-refractivity contribution in [1.82, 2.24) is 19.8 Å². The minimum absolute atomic E-state index is 0.00119. The topological polar surface area (TPSA) is 90.9 Å². The van der Waals surface area contributed by atoms with Crippen LogP contribution < -0.4 is 10.2 Å². The molecule has 0 spiro atoms. The van der Waals surface area contributed by atoms with Crippen molar-refractivity contribution < 1.29 is 18.7 Å². The van der Waals surface area contributed by atoms with Crippen molar-refractivity contribution in [2.24, 2.45) is 5.92 Å². The van der Waals surface area contributed by atoms with Crippen LogP contribution >= 0.6 is 0 Å². The Balaban J connectivity index is 1.24. The molecule has 1 saturated carbocycles. The van der Waals surface area contributed by atoms with Gasteiger partial charge in [0.2, 0.25) is 17.8 Å². The number of hydrogen-bond donors (Lipinski definition) is 1. The van der Waals surface area contributed by atoms with Gasteiger partial charge in [-0.1, -0.05) is 43.7 Å². The number of piperazine rings is 1. The SMILES string of the molecule is C=CC(=O)N1CCN(C(CC2CC2)c2ccc(CNc3nc(F)cc(N4C(=O)OCC4(C)C)n3)cc2)CC1. The minimum atomic E-state index is -0.721. The molecule has 2 amide bonds. The Kier molecular flexibility index (Phi) is 7.34. The maximum Gasteiger partial charge on any atom is 0.416 e. The molecule has 2 saturated heterocycles. The number of halogens is 1. The van der Waals surface area contributed by atoms with E-state index in [1.807, 2.05) is 18.7 Å². The average Bonchev–Trinajstić information content (AvgIpc) is 3.69. The van der Waals surface area contributed by atoms with Gasteiger partial charge in [-0.3, -0.25) is 14.6 Å². The van der Waals surface area contributed by atoms with E-state index >= 15 is 0 Å². The fourth-order valence-corrected chi connectivity index (χ4v) is 5.20. The monoisotopic (exact) mass is 522 g/mol. The first-order valence-corrected chi connectivity index (χ1v) is 13.2. The lowest BCUT2D eigenvalue weighted by atomic mass is 9.97. The fourth-order valence-electron chi connectivity index (χ4n) is 5.20. The normalized spacial score (nSPS) is 20.2. The third-order valence-electron chi connectivity index (χ3n) is 7.56. The molecular formula is C28H35FN6O3. The van der Waals surface area contributed by atoms with Crippen LogP contribution in [0.25, 0.3) is 0 Å². The molecule has 38 heavy (non-hydrogen) atoms. The minimum Gasteiger partial charge on any atom is -0.447 e. The summed E-state index contributed by atoms with van der Waals surface area (Å²) < 4.78 is 19.4. The van der Waals surface area contributed by atoms with Gasteiger partial charge in [0.05, 0.1) is 5.54 Å². The lowest BCUT2D eigenvalue weighted by molar-refractivity contribution is -0.128. The van der Waals surface area contributed by atoms with Crippen molar-refractivity contribution >= 4 is 23.8 Å². The quantitative estimate of drug-likeness (QED) is 0.391. The van der Waals surface area contributed by atoms with Crippen molar-refractivity contribution in [3.63, 3.8) is 0 Å². The average molecular weight is 523 g/mol. The van der Waals surface area contributed by atoms with Crippen LogP contribution in [-0.4, -0.2) is 70.1 Å². The second kappa shape index (κ2) is 10.7. The van der Waals surface area contributed by atoms with Gasteiger partial charge >= 0.3 is 6.09 Å². The summed E-state index contributed by atoms with van der Waals surface area (Å²) >= 11 is 0. The maximum absolute atomic E-state index is 14.3. The van der Waals surface area contributed by atoms with Gasteiger partial charge in [0.1, 0.15) is 12.4 Å². The molecule has 10 heteroatoms. The van der Waals surface area contributed by atoms with E-state index < -0.39 is 17.6 Å². The third kappa shape index (κ3) is 5.80. The van der Waals surface area contributed by atoms with Crippen LogP contribution in [0.4, 0.5) is 21.0 Å². The summed E-state index contributed by atoms with van der Waals surface area (Å²) in [6, 6.07) is 9.92. The molecule has 3 fully saturated rings. The van der Waals surface area contributed by atoms with Gasteiger partial charge < -0.3 is 15.0 Å². The van der Waals surface area contributed by atoms with E-state index in [-0.39, 0.29) is 24.3 Å². The van der Waals surface area contributed by atoms with Crippen molar-refractivity contribution in [2.75, 3.05) is 43.0 Å². The van der Waals surface area contributed by atoms with Crippen LogP contribution in [-0.2, 0) is 16.1 Å². The van der Waals surface area contributed by atoms with Crippen molar-refractivity contribution in [3.8, 4) is 0 Å². The van der Waals surface area contributed by atoms with E-state index in [0.717, 1.165) is 50.1 Å². The highest BCUT2D eigenvalue weighted by molar-refractivity contribution is 5.90. The van der Waals surface area contributed by atoms with Gasteiger partial charge in [0, 0.05) is 44.8 Å².